The number of para-hydroxylation sites is 1. The average molecular weight is 472 g/mol. The molecule has 2 amide bonds. The molecule has 1 aliphatic heterocycles. The van der Waals surface area contributed by atoms with Crippen LogP contribution in [0, 0.1) is 6.92 Å². The summed E-state index contributed by atoms with van der Waals surface area (Å²) in [4.78, 5) is 42.6. The summed E-state index contributed by atoms with van der Waals surface area (Å²) in [5.74, 6) is -0.387. The van der Waals surface area contributed by atoms with Crippen LogP contribution in [0.5, 0.6) is 0 Å². The molecule has 166 valence electrons. The van der Waals surface area contributed by atoms with E-state index in [-0.39, 0.29) is 28.9 Å². The summed E-state index contributed by atoms with van der Waals surface area (Å²) in [6.45, 7) is 3.83. The van der Waals surface area contributed by atoms with Gasteiger partial charge in [0.1, 0.15) is 5.02 Å². The molecule has 0 atom stereocenters. The summed E-state index contributed by atoms with van der Waals surface area (Å²) in [6.07, 6.45) is 1.58. The van der Waals surface area contributed by atoms with E-state index in [9.17, 15) is 14.4 Å². The molecule has 3 heterocycles. The third kappa shape index (κ3) is 4.68. The number of benzene rings is 1. The van der Waals surface area contributed by atoms with Crippen LogP contribution in [0.1, 0.15) is 14.5 Å². The summed E-state index contributed by atoms with van der Waals surface area (Å²) < 4.78 is 1.27. The van der Waals surface area contributed by atoms with E-state index in [0.29, 0.717) is 42.4 Å². The van der Waals surface area contributed by atoms with Crippen LogP contribution in [0.3, 0.4) is 0 Å². The SMILES string of the molecule is Cc1ccc(C(=O)NCC(=O)N2CCN(c3cnn(-c4ccccc4)c(=O)c3Cl)CC2)s1. The third-order valence-corrected chi connectivity index (χ3v) is 6.59. The zero-order valence-electron chi connectivity index (χ0n) is 17.5. The predicted molar refractivity (Wildman–Crippen MR) is 125 cm³/mol. The molecule has 0 bridgehead atoms. The number of piperazine rings is 1. The number of rotatable bonds is 5. The summed E-state index contributed by atoms with van der Waals surface area (Å²) in [5.41, 5.74) is 0.804. The van der Waals surface area contributed by atoms with Crippen LogP contribution in [0.15, 0.2) is 53.5 Å². The predicted octanol–water partition coefficient (Wildman–Crippen LogP) is 2.33. The van der Waals surface area contributed by atoms with Crippen LogP contribution < -0.4 is 15.8 Å². The number of amides is 2. The van der Waals surface area contributed by atoms with Gasteiger partial charge in [-0.05, 0) is 31.2 Å². The van der Waals surface area contributed by atoms with Crippen molar-refractivity contribution in [2.75, 3.05) is 37.6 Å². The molecular weight excluding hydrogens is 450 g/mol. The molecule has 1 saturated heterocycles. The number of nitrogens with zero attached hydrogens (tertiary/aromatic N) is 4. The van der Waals surface area contributed by atoms with Gasteiger partial charge < -0.3 is 15.1 Å². The lowest BCUT2D eigenvalue weighted by Crippen LogP contribution is -2.51. The molecule has 1 aliphatic rings. The van der Waals surface area contributed by atoms with Gasteiger partial charge in [0.25, 0.3) is 11.5 Å². The van der Waals surface area contributed by atoms with Crippen molar-refractivity contribution in [2.45, 2.75) is 6.92 Å². The Morgan fingerprint density at radius 2 is 1.81 bits per heavy atom. The van der Waals surface area contributed by atoms with Gasteiger partial charge in [0, 0.05) is 31.1 Å². The van der Waals surface area contributed by atoms with Crippen molar-refractivity contribution < 1.29 is 9.59 Å². The summed E-state index contributed by atoms with van der Waals surface area (Å²) in [5, 5.41) is 7.05. The lowest BCUT2D eigenvalue weighted by atomic mass is 10.2. The number of anilines is 1. The highest BCUT2D eigenvalue weighted by Crippen LogP contribution is 2.23. The molecule has 2 aromatic heterocycles. The highest BCUT2D eigenvalue weighted by Gasteiger charge is 2.24. The van der Waals surface area contributed by atoms with Gasteiger partial charge in [0.15, 0.2) is 0 Å². The number of hydrogen-bond acceptors (Lipinski definition) is 6. The van der Waals surface area contributed by atoms with Crippen LogP contribution in [-0.4, -0.2) is 59.2 Å². The van der Waals surface area contributed by atoms with Crippen molar-refractivity contribution in [3.05, 3.63) is 73.8 Å². The van der Waals surface area contributed by atoms with Gasteiger partial charge in [0.05, 0.1) is 29.0 Å². The summed E-state index contributed by atoms with van der Waals surface area (Å²) in [7, 11) is 0. The van der Waals surface area contributed by atoms with Crippen molar-refractivity contribution in [1.82, 2.24) is 20.0 Å². The zero-order valence-corrected chi connectivity index (χ0v) is 19.0. The third-order valence-electron chi connectivity index (χ3n) is 5.24. The molecule has 0 radical (unpaired) electrons. The monoisotopic (exact) mass is 471 g/mol. The van der Waals surface area contributed by atoms with Gasteiger partial charge in [0.2, 0.25) is 5.91 Å². The number of aromatic nitrogens is 2. The number of carbonyl (C=O) groups excluding carboxylic acids is 2. The molecule has 10 heteroatoms. The molecule has 8 nitrogen and oxygen atoms in total. The van der Waals surface area contributed by atoms with Gasteiger partial charge in [-0.25, -0.2) is 0 Å². The van der Waals surface area contributed by atoms with Crippen LogP contribution in [-0.2, 0) is 4.79 Å². The highest BCUT2D eigenvalue weighted by molar-refractivity contribution is 7.13. The number of thiophene rings is 1. The molecule has 1 aromatic carbocycles. The van der Waals surface area contributed by atoms with Crippen molar-refractivity contribution in [3.8, 4) is 5.69 Å². The number of aryl methyl sites for hydroxylation is 1. The Kier molecular flexibility index (Phi) is 6.57. The van der Waals surface area contributed by atoms with Gasteiger partial charge in [-0.1, -0.05) is 29.8 Å². The minimum atomic E-state index is -0.389. The topological polar surface area (TPSA) is 87.5 Å². The van der Waals surface area contributed by atoms with Crippen molar-refractivity contribution >= 4 is 40.4 Å². The summed E-state index contributed by atoms with van der Waals surface area (Å²) in [6, 6.07) is 12.7. The van der Waals surface area contributed by atoms with Gasteiger partial charge in [-0.3, -0.25) is 14.4 Å². The highest BCUT2D eigenvalue weighted by atomic mass is 35.5. The normalized spacial score (nSPS) is 13.8. The maximum absolute atomic E-state index is 12.7. The van der Waals surface area contributed by atoms with Crippen molar-refractivity contribution in [3.63, 3.8) is 0 Å². The maximum Gasteiger partial charge on any atom is 0.292 e. The molecule has 1 fully saturated rings. The minimum absolute atomic E-state index is 0.0504. The zero-order chi connectivity index (χ0) is 22.7. The number of hydrogen-bond donors (Lipinski definition) is 1. The fourth-order valence-electron chi connectivity index (χ4n) is 3.51. The van der Waals surface area contributed by atoms with E-state index in [2.05, 4.69) is 10.4 Å². The second-order valence-corrected chi connectivity index (χ2v) is 9.02. The minimum Gasteiger partial charge on any atom is -0.365 e. The van der Waals surface area contributed by atoms with E-state index < -0.39 is 0 Å². The first kappa shape index (κ1) is 22.0. The van der Waals surface area contributed by atoms with Gasteiger partial charge >= 0.3 is 0 Å². The molecule has 4 rings (SSSR count). The Hall–Kier alpha value is -3.17. The fourth-order valence-corrected chi connectivity index (χ4v) is 4.54. The second kappa shape index (κ2) is 9.54. The molecule has 32 heavy (non-hydrogen) atoms. The lowest BCUT2D eigenvalue weighted by Gasteiger charge is -2.36. The molecule has 0 spiro atoms. The molecule has 3 aromatic rings. The van der Waals surface area contributed by atoms with E-state index >= 15 is 0 Å². The van der Waals surface area contributed by atoms with Gasteiger partial charge in [-0.2, -0.15) is 9.78 Å². The first-order valence-corrected chi connectivity index (χ1v) is 11.3. The van der Waals surface area contributed by atoms with E-state index in [1.165, 1.54) is 16.0 Å². The Bertz CT molecular complexity index is 1190. The Labute approximate surface area is 194 Å². The number of halogens is 1. The van der Waals surface area contributed by atoms with Crippen LogP contribution in [0.2, 0.25) is 5.02 Å². The number of nitrogens with one attached hydrogen (secondary N) is 1. The number of carbonyl (C=O) groups is 2. The van der Waals surface area contributed by atoms with Crippen LogP contribution in [0.25, 0.3) is 5.69 Å². The lowest BCUT2D eigenvalue weighted by molar-refractivity contribution is -0.130. The fraction of sp³-hybridized carbons (Fsp3) is 0.273. The molecular formula is C22H22ClN5O3S. The average Bonchev–Trinajstić information content (AvgIpc) is 3.26. The molecule has 0 aliphatic carbocycles. The smallest absolute Gasteiger partial charge is 0.292 e. The largest absolute Gasteiger partial charge is 0.365 e. The quantitative estimate of drug-likeness (QED) is 0.617. The maximum atomic E-state index is 12.7. The molecule has 0 saturated carbocycles. The Balaban J connectivity index is 1.35. The van der Waals surface area contributed by atoms with E-state index in [1.54, 1.807) is 29.3 Å². The summed E-state index contributed by atoms with van der Waals surface area (Å²) >= 11 is 7.78. The first-order chi connectivity index (χ1) is 15.4. The van der Waals surface area contributed by atoms with Gasteiger partial charge in [-0.15, -0.1) is 11.3 Å². The Morgan fingerprint density at radius 1 is 1.09 bits per heavy atom. The second-order valence-electron chi connectivity index (χ2n) is 7.36. The van der Waals surface area contributed by atoms with Crippen LogP contribution >= 0.6 is 22.9 Å². The van der Waals surface area contributed by atoms with E-state index in [0.717, 1.165) is 4.88 Å². The van der Waals surface area contributed by atoms with E-state index in [4.69, 9.17) is 11.6 Å². The van der Waals surface area contributed by atoms with E-state index in [1.807, 2.05) is 36.1 Å². The van der Waals surface area contributed by atoms with Crippen LogP contribution in [0.4, 0.5) is 5.69 Å². The standard InChI is InChI=1S/C22H22ClN5O3S/c1-15-7-8-18(32-15)21(30)24-14-19(29)27-11-9-26(10-12-27)17-13-25-28(22(31)20(17)23)16-5-3-2-4-6-16/h2-8,13H,9-12,14H2,1H3,(H,24,30). The van der Waals surface area contributed by atoms with Crippen molar-refractivity contribution in [2.24, 2.45) is 0 Å². The molecule has 1 N–H and O–H groups in total. The van der Waals surface area contributed by atoms with Crippen molar-refractivity contribution in [1.29, 1.82) is 0 Å². The first-order valence-electron chi connectivity index (χ1n) is 10.1. The molecule has 0 unspecified atom stereocenters. The Morgan fingerprint density at radius 3 is 2.47 bits per heavy atom.